The first-order valence-electron chi connectivity index (χ1n) is 8.64. The lowest BCUT2D eigenvalue weighted by atomic mass is 10.2. The Hall–Kier alpha value is -2.58. The smallest absolute Gasteiger partial charge is 0.269 e. The van der Waals surface area contributed by atoms with E-state index < -0.39 is 4.92 Å². The minimum Gasteiger partial charge on any atom is -0.338 e. The van der Waals surface area contributed by atoms with Gasteiger partial charge in [-0.15, -0.1) is 11.8 Å². The summed E-state index contributed by atoms with van der Waals surface area (Å²) in [6.07, 6.45) is 0. The highest BCUT2D eigenvalue weighted by Crippen LogP contribution is 2.22. The van der Waals surface area contributed by atoms with Crippen LogP contribution in [0.4, 0.5) is 5.69 Å². The number of nitrogens with zero attached hydrogens (tertiary/aromatic N) is 3. The first kappa shape index (κ1) is 20.2. The van der Waals surface area contributed by atoms with Gasteiger partial charge in [-0.3, -0.25) is 19.7 Å². The molecule has 0 spiro atoms. The lowest BCUT2D eigenvalue weighted by Crippen LogP contribution is -2.51. The first-order chi connectivity index (χ1) is 13.4. The molecule has 0 saturated carbocycles. The van der Waals surface area contributed by atoms with Crippen LogP contribution < -0.4 is 0 Å². The molecule has 1 heterocycles. The summed E-state index contributed by atoms with van der Waals surface area (Å²) in [5, 5.41) is 11.2. The lowest BCUT2D eigenvalue weighted by Gasteiger charge is -2.34. The number of rotatable bonds is 5. The molecule has 0 atom stereocenters. The van der Waals surface area contributed by atoms with Crippen molar-refractivity contribution < 1.29 is 14.5 Å². The van der Waals surface area contributed by atoms with Crippen LogP contribution in [-0.2, 0) is 4.79 Å². The fourth-order valence-corrected chi connectivity index (χ4v) is 3.85. The minimum absolute atomic E-state index is 0.0155. The predicted octanol–water partition coefficient (Wildman–Crippen LogP) is 3.32. The Labute approximate surface area is 171 Å². The number of hydrogen-bond acceptors (Lipinski definition) is 5. The summed E-state index contributed by atoms with van der Waals surface area (Å²) in [5.41, 5.74) is 0.567. The van der Waals surface area contributed by atoms with Crippen molar-refractivity contribution in [3.8, 4) is 0 Å². The molecule has 1 saturated heterocycles. The maximum atomic E-state index is 12.5. The van der Waals surface area contributed by atoms with Crippen LogP contribution in [0.1, 0.15) is 10.4 Å². The van der Waals surface area contributed by atoms with Crippen LogP contribution in [0.3, 0.4) is 0 Å². The summed E-state index contributed by atoms with van der Waals surface area (Å²) in [6, 6.07) is 13.0. The first-order valence-corrected chi connectivity index (χ1v) is 10.0. The van der Waals surface area contributed by atoms with Gasteiger partial charge in [-0.2, -0.15) is 0 Å². The fourth-order valence-electron chi connectivity index (χ4n) is 2.86. The average molecular weight is 420 g/mol. The van der Waals surface area contributed by atoms with Gasteiger partial charge in [-0.1, -0.05) is 17.7 Å². The maximum Gasteiger partial charge on any atom is 0.269 e. The monoisotopic (exact) mass is 419 g/mol. The third-order valence-corrected chi connectivity index (χ3v) is 5.63. The van der Waals surface area contributed by atoms with E-state index >= 15 is 0 Å². The second-order valence-electron chi connectivity index (χ2n) is 6.22. The van der Waals surface area contributed by atoms with Crippen molar-refractivity contribution in [2.45, 2.75) is 4.90 Å². The molecule has 0 bridgehead atoms. The molecular weight excluding hydrogens is 402 g/mol. The molecule has 9 heteroatoms. The summed E-state index contributed by atoms with van der Waals surface area (Å²) in [5.74, 6) is 0.146. The van der Waals surface area contributed by atoms with Crippen molar-refractivity contribution in [3.63, 3.8) is 0 Å². The highest BCUT2D eigenvalue weighted by atomic mass is 35.5. The average Bonchev–Trinajstić information content (AvgIpc) is 2.72. The van der Waals surface area contributed by atoms with Crippen LogP contribution in [0.15, 0.2) is 53.4 Å². The maximum absolute atomic E-state index is 12.5. The van der Waals surface area contributed by atoms with Gasteiger partial charge in [0.2, 0.25) is 5.91 Å². The van der Waals surface area contributed by atoms with Crippen molar-refractivity contribution >= 4 is 40.9 Å². The molecule has 0 unspecified atom stereocenters. The van der Waals surface area contributed by atoms with Gasteiger partial charge in [0.15, 0.2) is 0 Å². The Morgan fingerprint density at radius 2 is 1.68 bits per heavy atom. The van der Waals surface area contributed by atoms with E-state index in [1.165, 1.54) is 23.9 Å². The lowest BCUT2D eigenvalue weighted by molar-refractivity contribution is -0.384. The van der Waals surface area contributed by atoms with Gasteiger partial charge < -0.3 is 9.80 Å². The molecule has 0 aromatic heterocycles. The SMILES string of the molecule is O=C(CSc1ccc([N+](=O)[O-])cc1)N1CCN(C(=O)c2cccc(Cl)c2)CC1. The third kappa shape index (κ3) is 5.02. The van der Waals surface area contributed by atoms with Crippen molar-refractivity contribution in [1.29, 1.82) is 0 Å². The summed E-state index contributed by atoms with van der Waals surface area (Å²) >= 11 is 7.28. The number of non-ortho nitro benzene ring substituents is 1. The molecule has 0 aliphatic carbocycles. The van der Waals surface area contributed by atoms with Crippen molar-refractivity contribution in [3.05, 3.63) is 69.2 Å². The second-order valence-corrected chi connectivity index (χ2v) is 7.71. The third-order valence-electron chi connectivity index (χ3n) is 4.40. The van der Waals surface area contributed by atoms with Crippen LogP contribution in [0.5, 0.6) is 0 Å². The molecule has 2 aromatic carbocycles. The molecule has 2 aromatic rings. The number of carbonyl (C=O) groups excluding carboxylic acids is 2. The van der Waals surface area contributed by atoms with E-state index in [0.29, 0.717) is 36.8 Å². The predicted molar refractivity (Wildman–Crippen MR) is 108 cm³/mol. The number of halogens is 1. The molecule has 3 rings (SSSR count). The van der Waals surface area contributed by atoms with Crippen LogP contribution in [-0.4, -0.2) is 58.5 Å². The summed E-state index contributed by atoms with van der Waals surface area (Å²) in [7, 11) is 0. The normalized spacial score (nSPS) is 14.0. The topological polar surface area (TPSA) is 83.8 Å². The Morgan fingerprint density at radius 3 is 2.29 bits per heavy atom. The quantitative estimate of drug-likeness (QED) is 0.421. The highest BCUT2D eigenvalue weighted by molar-refractivity contribution is 8.00. The molecular formula is C19H18ClN3O4S. The molecule has 7 nitrogen and oxygen atoms in total. The van der Waals surface area contributed by atoms with E-state index in [0.717, 1.165) is 4.90 Å². The molecule has 146 valence electrons. The Kier molecular flexibility index (Phi) is 6.53. The number of piperazine rings is 1. The van der Waals surface area contributed by atoms with Crippen LogP contribution in [0.25, 0.3) is 0 Å². The number of nitro benzene ring substituents is 1. The molecule has 1 aliphatic heterocycles. The van der Waals surface area contributed by atoms with E-state index in [1.807, 2.05) is 0 Å². The number of carbonyl (C=O) groups is 2. The van der Waals surface area contributed by atoms with Gasteiger partial charge in [0, 0.05) is 53.8 Å². The van der Waals surface area contributed by atoms with E-state index in [1.54, 1.807) is 46.2 Å². The van der Waals surface area contributed by atoms with E-state index in [4.69, 9.17) is 11.6 Å². The zero-order valence-corrected chi connectivity index (χ0v) is 16.5. The number of benzene rings is 2. The fraction of sp³-hybridized carbons (Fsp3) is 0.263. The summed E-state index contributed by atoms with van der Waals surface area (Å²) in [4.78, 5) is 39.4. The Balaban J connectivity index is 1.48. The number of hydrogen-bond donors (Lipinski definition) is 0. The van der Waals surface area contributed by atoms with Gasteiger partial charge in [0.05, 0.1) is 10.7 Å². The largest absolute Gasteiger partial charge is 0.338 e. The Morgan fingerprint density at radius 1 is 1.04 bits per heavy atom. The van der Waals surface area contributed by atoms with Gasteiger partial charge >= 0.3 is 0 Å². The molecule has 1 aliphatic rings. The minimum atomic E-state index is -0.455. The molecule has 1 fully saturated rings. The zero-order valence-electron chi connectivity index (χ0n) is 14.9. The van der Waals surface area contributed by atoms with Gasteiger partial charge in [0.25, 0.3) is 11.6 Å². The standard InChI is InChI=1S/C19H18ClN3O4S/c20-15-3-1-2-14(12-15)19(25)22-10-8-21(9-11-22)18(24)13-28-17-6-4-16(5-7-17)23(26)27/h1-7,12H,8-11,13H2. The number of thioether (sulfide) groups is 1. The summed E-state index contributed by atoms with van der Waals surface area (Å²) in [6.45, 7) is 1.90. The van der Waals surface area contributed by atoms with Gasteiger partial charge in [-0.05, 0) is 30.3 Å². The Bertz CT molecular complexity index is 883. The van der Waals surface area contributed by atoms with E-state index in [9.17, 15) is 19.7 Å². The van der Waals surface area contributed by atoms with Crippen molar-refractivity contribution in [2.75, 3.05) is 31.9 Å². The van der Waals surface area contributed by atoms with Crippen molar-refractivity contribution in [2.24, 2.45) is 0 Å². The summed E-state index contributed by atoms with van der Waals surface area (Å²) < 4.78 is 0. The van der Waals surface area contributed by atoms with Crippen LogP contribution in [0.2, 0.25) is 5.02 Å². The molecule has 0 N–H and O–H groups in total. The second kappa shape index (κ2) is 9.07. The molecule has 28 heavy (non-hydrogen) atoms. The highest BCUT2D eigenvalue weighted by Gasteiger charge is 2.25. The van der Waals surface area contributed by atoms with E-state index in [-0.39, 0.29) is 23.3 Å². The van der Waals surface area contributed by atoms with E-state index in [2.05, 4.69) is 0 Å². The number of amides is 2. The number of nitro groups is 1. The van der Waals surface area contributed by atoms with Crippen LogP contribution in [0, 0.1) is 10.1 Å². The van der Waals surface area contributed by atoms with Gasteiger partial charge in [0.1, 0.15) is 0 Å². The van der Waals surface area contributed by atoms with Crippen LogP contribution >= 0.6 is 23.4 Å². The van der Waals surface area contributed by atoms with Gasteiger partial charge in [-0.25, -0.2) is 0 Å². The molecule has 2 amide bonds. The van der Waals surface area contributed by atoms with Crippen molar-refractivity contribution in [1.82, 2.24) is 9.80 Å². The molecule has 0 radical (unpaired) electrons. The zero-order chi connectivity index (χ0) is 20.1.